The summed E-state index contributed by atoms with van der Waals surface area (Å²) in [5.74, 6) is -0.867. The highest BCUT2D eigenvalue weighted by atomic mass is 32.1. The molecule has 1 aromatic heterocycles. The molecular weight excluding hydrogens is 371 g/mol. The van der Waals surface area contributed by atoms with E-state index < -0.39 is 11.7 Å². The van der Waals surface area contributed by atoms with Gasteiger partial charge in [0.2, 0.25) is 5.91 Å². The highest BCUT2D eigenvalue weighted by Crippen LogP contribution is 2.51. The maximum atomic E-state index is 13.2. The molecule has 1 aliphatic carbocycles. The molecule has 0 bridgehead atoms. The third-order valence-electron chi connectivity index (χ3n) is 5.05. The standard InChI is InChI=1S/C21H18F3NOS/c22-21(23,24)18-7-3-1-6-15(18)16-11-17(16)20(26)25-10-9-13-12-27-19-8-4-2-5-14(13)19/h1-8,12,16-17H,9-11H2,(H,25,26). The molecule has 1 aliphatic rings. The maximum absolute atomic E-state index is 13.2. The summed E-state index contributed by atoms with van der Waals surface area (Å²) < 4.78 is 40.7. The molecule has 1 N–H and O–H groups in total. The lowest BCUT2D eigenvalue weighted by atomic mass is 10.0. The van der Waals surface area contributed by atoms with Crippen LogP contribution in [0.3, 0.4) is 0 Å². The molecule has 1 fully saturated rings. The first-order valence-corrected chi connectivity index (χ1v) is 9.72. The molecule has 1 heterocycles. The zero-order valence-electron chi connectivity index (χ0n) is 14.4. The van der Waals surface area contributed by atoms with Crippen LogP contribution in [0.1, 0.15) is 29.0 Å². The van der Waals surface area contributed by atoms with E-state index in [1.807, 2.05) is 12.1 Å². The Morgan fingerprint density at radius 3 is 2.67 bits per heavy atom. The molecule has 27 heavy (non-hydrogen) atoms. The lowest BCUT2D eigenvalue weighted by Gasteiger charge is -2.12. The summed E-state index contributed by atoms with van der Waals surface area (Å²) in [5.41, 5.74) is 0.787. The molecule has 0 radical (unpaired) electrons. The first-order valence-electron chi connectivity index (χ1n) is 8.84. The zero-order chi connectivity index (χ0) is 19.0. The Labute approximate surface area is 159 Å². The molecule has 140 valence electrons. The Kier molecular flexibility index (Phi) is 4.68. The number of nitrogens with one attached hydrogen (secondary N) is 1. The third kappa shape index (κ3) is 3.72. The predicted molar refractivity (Wildman–Crippen MR) is 101 cm³/mol. The van der Waals surface area contributed by atoms with Crippen molar-refractivity contribution in [3.8, 4) is 0 Å². The second-order valence-corrected chi connectivity index (χ2v) is 7.74. The summed E-state index contributed by atoms with van der Waals surface area (Å²) in [6, 6.07) is 13.7. The summed E-state index contributed by atoms with van der Waals surface area (Å²) >= 11 is 1.67. The highest BCUT2D eigenvalue weighted by Gasteiger charge is 2.47. The second-order valence-electron chi connectivity index (χ2n) is 6.83. The van der Waals surface area contributed by atoms with Crippen LogP contribution in [0.4, 0.5) is 13.2 Å². The minimum atomic E-state index is -4.39. The van der Waals surface area contributed by atoms with Crippen LogP contribution in [0, 0.1) is 5.92 Å². The summed E-state index contributed by atoms with van der Waals surface area (Å²) in [7, 11) is 0. The van der Waals surface area contributed by atoms with Crippen LogP contribution in [-0.2, 0) is 17.4 Å². The molecule has 0 saturated heterocycles. The van der Waals surface area contributed by atoms with Crippen LogP contribution in [0.5, 0.6) is 0 Å². The van der Waals surface area contributed by atoms with E-state index in [1.165, 1.54) is 27.8 Å². The Morgan fingerprint density at radius 2 is 1.85 bits per heavy atom. The van der Waals surface area contributed by atoms with Gasteiger partial charge in [0.15, 0.2) is 0 Å². The second kappa shape index (κ2) is 7.00. The van der Waals surface area contributed by atoms with Crippen molar-refractivity contribution in [2.45, 2.75) is 24.9 Å². The van der Waals surface area contributed by atoms with Gasteiger partial charge >= 0.3 is 6.18 Å². The average Bonchev–Trinajstić information content (AvgIpc) is 3.36. The summed E-state index contributed by atoms with van der Waals surface area (Å²) in [6.45, 7) is 0.490. The van der Waals surface area contributed by atoms with Crippen LogP contribution in [0.2, 0.25) is 0 Å². The van der Waals surface area contributed by atoms with E-state index in [-0.39, 0.29) is 23.3 Å². The van der Waals surface area contributed by atoms with Crippen molar-refractivity contribution >= 4 is 27.3 Å². The fraction of sp³-hybridized carbons (Fsp3) is 0.286. The Bertz CT molecular complexity index is 979. The average molecular weight is 389 g/mol. The molecule has 6 heteroatoms. The van der Waals surface area contributed by atoms with Gasteiger partial charge in [0.25, 0.3) is 0 Å². The molecule has 1 saturated carbocycles. The molecule has 2 nitrogen and oxygen atoms in total. The van der Waals surface area contributed by atoms with Crippen LogP contribution in [-0.4, -0.2) is 12.5 Å². The number of amides is 1. The van der Waals surface area contributed by atoms with Gasteiger partial charge in [0.05, 0.1) is 5.56 Å². The maximum Gasteiger partial charge on any atom is 0.416 e. The molecule has 3 aromatic rings. The molecule has 0 spiro atoms. The van der Waals surface area contributed by atoms with E-state index in [0.29, 0.717) is 19.4 Å². The lowest BCUT2D eigenvalue weighted by molar-refractivity contribution is -0.138. The number of rotatable bonds is 5. The first kappa shape index (κ1) is 18.0. The Hall–Kier alpha value is -2.34. The molecule has 2 atom stereocenters. The van der Waals surface area contributed by atoms with Crippen LogP contribution in [0.15, 0.2) is 53.9 Å². The van der Waals surface area contributed by atoms with Gasteiger partial charge in [-0.3, -0.25) is 4.79 Å². The smallest absolute Gasteiger partial charge is 0.356 e. The monoisotopic (exact) mass is 389 g/mol. The molecule has 4 rings (SSSR count). The quantitative estimate of drug-likeness (QED) is 0.623. The van der Waals surface area contributed by atoms with Crippen LogP contribution < -0.4 is 5.32 Å². The van der Waals surface area contributed by atoms with Crippen molar-refractivity contribution in [3.63, 3.8) is 0 Å². The lowest BCUT2D eigenvalue weighted by Crippen LogP contribution is -2.27. The number of carbonyl (C=O) groups is 1. The van der Waals surface area contributed by atoms with Gasteiger partial charge in [-0.2, -0.15) is 13.2 Å². The number of thiophene rings is 1. The highest BCUT2D eigenvalue weighted by molar-refractivity contribution is 7.17. The van der Waals surface area contributed by atoms with Crippen LogP contribution in [0.25, 0.3) is 10.1 Å². The van der Waals surface area contributed by atoms with Gasteiger partial charge in [-0.05, 0) is 52.8 Å². The number of benzene rings is 2. The van der Waals surface area contributed by atoms with Crippen molar-refractivity contribution in [1.29, 1.82) is 0 Å². The number of halogens is 3. The molecule has 0 aliphatic heterocycles. The van der Waals surface area contributed by atoms with Gasteiger partial charge < -0.3 is 5.32 Å². The first-order chi connectivity index (χ1) is 12.9. The molecule has 2 unspecified atom stereocenters. The van der Waals surface area contributed by atoms with Gasteiger partial charge in [0, 0.05) is 17.2 Å². The van der Waals surface area contributed by atoms with Gasteiger partial charge in [-0.1, -0.05) is 36.4 Å². The normalized spacial score (nSPS) is 19.2. The third-order valence-corrected chi connectivity index (χ3v) is 6.06. The van der Waals surface area contributed by atoms with Crippen molar-refractivity contribution in [2.75, 3.05) is 6.54 Å². The van der Waals surface area contributed by atoms with Gasteiger partial charge in [-0.25, -0.2) is 0 Å². The fourth-order valence-electron chi connectivity index (χ4n) is 3.58. The van der Waals surface area contributed by atoms with E-state index in [4.69, 9.17) is 0 Å². The van der Waals surface area contributed by atoms with Crippen molar-refractivity contribution in [2.24, 2.45) is 5.92 Å². The van der Waals surface area contributed by atoms with Crippen molar-refractivity contribution in [1.82, 2.24) is 5.32 Å². The van der Waals surface area contributed by atoms with E-state index in [9.17, 15) is 18.0 Å². The predicted octanol–water partition coefficient (Wildman–Crippen LogP) is 5.38. The molecular formula is C21H18F3NOS. The van der Waals surface area contributed by atoms with E-state index in [1.54, 1.807) is 17.4 Å². The minimum Gasteiger partial charge on any atom is -0.356 e. The number of alkyl halides is 3. The molecule has 1 amide bonds. The van der Waals surface area contributed by atoms with Crippen molar-refractivity contribution in [3.05, 3.63) is 70.6 Å². The number of fused-ring (bicyclic) bond motifs is 1. The fourth-order valence-corrected chi connectivity index (χ4v) is 4.58. The Balaban J connectivity index is 1.36. The number of carbonyl (C=O) groups excluding carboxylic acids is 1. The summed E-state index contributed by atoms with van der Waals surface area (Å²) in [6.07, 6.45) is -3.20. The SMILES string of the molecule is O=C(NCCc1csc2ccccc12)C1CC1c1ccccc1C(F)(F)F. The van der Waals surface area contributed by atoms with Gasteiger partial charge in [-0.15, -0.1) is 11.3 Å². The van der Waals surface area contributed by atoms with Crippen LogP contribution >= 0.6 is 11.3 Å². The summed E-state index contributed by atoms with van der Waals surface area (Å²) in [5, 5.41) is 6.18. The molecule has 2 aromatic carbocycles. The van der Waals surface area contributed by atoms with Crippen molar-refractivity contribution < 1.29 is 18.0 Å². The van der Waals surface area contributed by atoms with E-state index in [0.717, 1.165) is 6.07 Å². The topological polar surface area (TPSA) is 29.1 Å². The van der Waals surface area contributed by atoms with E-state index in [2.05, 4.69) is 22.8 Å². The summed E-state index contributed by atoms with van der Waals surface area (Å²) in [4.78, 5) is 12.4. The van der Waals surface area contributed by atoms with E-state index >= 15 is 0 Å². The minimum absolute atomic E-state index is 0.156. The number of hydrogen-bond acceptors (Lipinski definition) is 2. The number of hydrogen-bond donors (Lipinski definition) is 1. The zero-order valence-corrected chi connectivity index (χ0v) is 15.2. The largest absolute Gasteiger partial charge is 0.416 e. The van der Waals surface area contributed by atoms with Gasteiger partial charge in [0.1, 0.15) is 0 Å². The Morgan fingerprint density at radius 1 is 1.11 bits per heavy atom.